The summed E-state index contributed by atoms with van der Waals surface area (Å²) in [7, 11) is -3.58. The van der Waals surface area contributed by atoms with Crippen LogP contribution in [0.4, 0.5) is 10.5 Å². The van der Waals surface area contributed by atoms with Gasteiger partial charge in [0.1, 0.15) is 6.54 Å². The smallest absolute Gasteiger partial charge is 0.282 e. The molecule has 1 aliphatic heterocycles. The van der Waals surface area contributed by atoms with Gasteiger partial charge in [0.25, 0.3) is 5.24 Å². The molecule has 1 N–H and O–H groups in total. The molecule has 1 saturated heterocycles. The summed E-state index contributed by atoms with van der Waals surface area (Å²) >= 11 is 1.19. The topological polar surface area (TPSA) is 86.8 Å². The summed E-state index contributed by atoms with van der Waals surface area (Å²) < 4.78 is 26.4. The number of rotatable bonds is 7. The zero-order valence-corrected chi connectivity index (χ0v) is 15.3. The minimum atomic E-state index is -3.58. The second-order valence-electron chi connectivity index (χ2n) is 5.20. The van der Waals surface area contributed by atoms with Crippen molar-refractivity contribution in [2.24, 2.45) is 0 Å². The van der Waals surface area contributed by atoms with Gasteiger partial charge in [-0.2, -0.15) is 4.31 Å². The van der Waals surface area contributed by atoms with Crippen LogP contribution in [0.1, 0.15) is 13.8 Å². The van der Waals surface area contributed by atoms with Crippen LogP contribution in [0.2, 0.25) is 0 Å². The highest BCUT2D eigenvalue weighted by Gasteiger charge is 2.24. The van der Waals surface area contributed by atoms with Gasteiger partial charge in [-0.25, -0.2) is 8.42 Å². The van der Waals surface area contributed by atoms with E-state index >= 15 is 0 Å². The molecule has 24 heavy (non-hydrogen) atoms. The van der Waals surface area contributed by atoms with Gasteiger partial charge in [0, 0.05) is 31.1 Å². The fourth-order valence-electron chi connectivity index (χ4n) is 2.39. The van der Waals surface area contributed by atoms with Crippen molar-refractivity contribution in [3.8, 4) is 0 Å². The summed E-state index contributed by atoms with van der Waals surface area (Å²) in [5, 5.41) is 2.54. The van der Waals surface area contributed by atoms with E-state index < -0.39 is 10.0 Å². The first-order valence-electron chi connectivity index (χ1n) is 7.70. The van der Waals surface area contributed by atoms with Gasteiger partial charge in [0.15, 0.2) is 0 Å². The van der Waals surface area contributed by atoms with E-state index in [2.05, 4.69) is 5.32 Å². The average Bonchev–Trinajstić information content (AvgIpc) is 2.93. The van der Waals surface area contributed by atoms with Crippen LogP contribution in [0.3, 0.4) is 0 Å². The van der Waals surface area contributed by atoms with Crippen molar-refractivity contribution in [1.82, 2.24) is 9.21 Å². The highest BCUT2D eigenvalue weighted by atomic mass is 32.2. The van der Waals surface area contributed by atoms with E-state index in [1.807, 2.05) is 0 Å². The van der Waals surface area contributed by atoms with Crippen molar-refractivity contribution in [3.63, 3.8) is 0 Å². The van der Waals surface area contributed by atoms with Crippen LogP contribution in [-0.4, -0.2) is 60.7 Å². The van der Waals surface area contributed by atoms with Gasteiger partial charge < -0.3 is 10.2 Å². The van der Waals surface area contributed by atoms with Gasteiger partial charge in [-0.1, -0.05) is 31.7 Å². The first-order chi connectivity index (χ1) is 11.4. The Kier molecular flexibility index (Phi) is 6.25. The number of carbonyl (C=O) groups excluding carboxylic acids is 2. The van der Waals surface area contributed by atoms with Crippen LogP contribution < -0.4 is 5.32 Å². The lowest BCUT2D eigenvalue weighted by molar-refractivity contribution is -0.116. The molecular weight excluding hydrogens is 350 g/mol. The Bertz CT molecular complexity index is 717. The number of amides is 2. The second kappa shape index (κ2) is 8.00. The first kappa shape index (κ1) is 18.8. The third-order valence-electron chi connectivity index (χ3n) is 3.64. The summed E-state index contributed by atoms with van der Waals surface area (Å²) in [4.78, 5) is 25.2. The molecule has 1 aromatic carbocycles. The molecule has 0 aromatic heterocycles. The normalized spacial score (nSPS) is 15.1. The highest BCUT2D eigenvalue weighted by Crippen LogP contribution is 2.20. The molecule has 0 saturated carbocycles. The van der Waals surface area contributed by atoms with Gasteiger partial charge >= 0.3 is 0 Å². The van der Waals surface area contributed by atoms with E-state index in [1.54, 1.807) is 26.0 Å². The van der Waals surface area contributed by atoms with Gasteiger partial charge in [0.05, 0.1) is 4.90 Å². The van der Waals surface area contributed by atoms with Crippen LogP contribution in [-0.2, 0) is 14.8 Å². The number of anilines is 1. The van der Waals surface area contributed by atoms with Crippen LogP contribution in [0, 0.1) is 0 Å². The maximum Gasteiger partial charge on any atom is 0.282 e. The molecule has 0 radical (unpaired) electrons. The average molecular weight is 371 g/mol. The molecule has 2 rings (SSSR count). The summed E-state index contributed by atoms with van der Waals surface area (Å²) in [5.41, 5.74) is 0.396. The first-order valence-corrected chi connectivity index (χ1v) is 10.1. The Morgan fingerprint density at radius 2 is 2.04 bits per heavy atom. The highest BCUT2D eigenvalue weighted by molar-refractivity contribution is 8.13. The molecule has 0 aliphatic carbocycles. The predicted octanol–water partition coefficient (Wildman–Crippen LogP) is 1.82. The van der Waals surface area contributed by atoms with Crippen molar-refractivity contribution in [2.45, 2.75) is 18.7 Å². The number of thioether (sulfide) groups is 1. The summed E-state index contributed by atoms with van der Waals surface area (Å²) in [6.45, 7) is 4.83. The molecule has 0 unspecified atom stereocenters. The zero-order chi connectivity index (χ0) is 17.7. The van der Waals surface area contributed by atoms with Gasteiger partial charge in [-0.05, 0) is 18.2 Å². The van der Waals surface area contributed by atoms with Crippen LogP contribution >= 0.6 is 11.8 Å². The quantitative estimate of drug-likeness (QED) is 0.790. The lowest BCUT2D eigenvalue weighted by Crippen LogP contribution is -2.33. The number of hydrogen-bond acceptors (Lipinski definition) is 5. The van der Waals surface area contributed by atoms with E-state index in [1.165, 1.54) is 33.1 Å². The predicted molar refractivity (Wildman–Crippen MR) is 94.6 cm³/mol. The van der Waals surface area contributed by atoms with Crippen LogP contribution in [0.15, 0.2) is 29.2 Å². The molecule has 1 heterocycles. The third kappa shape index (κ3) is 4.28. The summed E-state index contributed by atoms with van der Waals surface area (Å²) in [6.07, 6.45) is 0. The molecule has 1 fully saturated rings. The van der Waals surface area contributed by atoms with Crippen molar-refractivity contribution in [2.75, 3.05) is 37.2 Å². The van der Waals surface area contributed by atoms with E-state index in [9.17, 15) is 18.0 Å². The number of carbonyl (C=O) groups is 2. The maximum atomic E-state index is 12.5. The van der Waals surface area contributed by atoms with Crippen molar-refractivity contribution in [1.29, 1.82) is 0 Å². The van der Waals surface area contributed by atoms with E-state index in [-0.39, 0.29) is 22.6 Å². The van der Waals surface area contributed by atoms with Crippen molar-refractivity contribution in [3.05, 3.63) is 24.3 Å². The van der Waals surface area contributed by atoms with Crippen molar-refractivity contribution < 1.29 is 18.0 Å². The Morgan fingerprint density at radius 1 is 1.33 bits per heavy atom. The second-order valence-corrected chi connectivity index (χ2v) is 8.19. The lowest BCUT2D eigenvalue weighted by atomic mass is 10.3. The maximum absolute atomic E-state index is 12.5. The standard InChI is InChI=1S/C15H21N3O4S2/c1-3-18(4-2)24(21,22)13-7-5-6-12(10-13)16-14(19)11-17-8-9-23-15(17)20/h5-7,10H,3-4,8-9,11H2,1-2H3,(H,16,19). The van der Waals surface area contributed by atoms with E-state index in [4.69, 9.17) is 0 Å². The Balaban J connectivity index is 2.10. The number of sulfonamides is 1. The van der Waals surface area contributed by atoms with Crippen LogP contribution in [0.5, 0.6) is 0 Å². The largest absolute Gasteiger partial charge is 0.325 e. The molecule has 132 valence electrons. The molecule has 7 nitrogen and oxygen atoms in total. The molecule has 0 spiro atoms. The molecule has 9 heteroatoms. The Labute approximate surface area is 146 Å². The minimum absolute atomic E-state index is 0.0289. The molecule has 0 atom stereocenters. The van der Waals surface area contributed by atoms with Gasteiger partial charge in [-0.3, -0.25) is 9.59 Å². The molecule has 1 aliphatic rings. The SMILES string of the molecule is CCN(CC)S(=O)(=O)c1cccc(NC(=O)CN2CCSC2=O)c1. The van der Waals surface area contributed by atoms with Gasteiger partial charge in [-0.15, -0.1) is 0 Å². The third-order valence-corrected chi connectivity index (χ3v) is 6.58. The monoisotopic (exact) mass is 371 g/mol. The molecule has 0 bridgehead atoms. The summed E-state index contributed by atoms with van der Waals surface area (Å²) in [5.74, 6) is 0.340. The number of nitrogens with zero attached hydrogens (tertiary/aromatic N) is 2. The number of hydrogen-bond donors (Lipinski definition) is 1. The number of nitrogens with one attached hydrogen (secondary N) is 1. The van der Waals surface area contributed by atoms with E-state index in [0.29, 0.717) is 31.1 Å². The molecule has 2 amide bonds. The van der Waals surface area contributed by atoms with Crippen molar-refractivity contribution >= 4 is 38.6 Å². The van der Waals surface area contributed by atoms with Gasteiger partial charge in [0.2, 0.25) is 15.9 Å². The van der Waals surface area contributed by atoms with E-state index in [0.717, 1.165) is 0 Å². The zero-order valence-electron chi connectivity index (χ0n) is 13.7. The Morgan fingerprint density at radius 3 is 2.62 bits per heavy atom. The Hall–Kier alpha value is -1.58. The lowest BCUT2D eigenvalue weighted by Gasteiger charge is -2.19. The fraction of sp³-hybridized carbons (Fsp3) is 0.467. The van der Waals surface area contributed by atoms with Crippen LogP contribution in [0.25, 0.3) is 0 Å². The molecular formula is C15H21N3O4S2. The minimum Gasteiger partial charge on any atom is -0.325 e. The summed E-state index contributed by atoms with van der Waals surface area (Å²) in [6, 6.07) is 6.15. The molecule has 1 aromatic rings. The fourth-order valence-corrected chi connectivity index (χ4v) is 4.72. The number of benzene rings is 1.